The summed E-state index contributed by atoms with van der Waals surface area (Å²) in [6.45, 7) is 1.56. The Kier molecular flexibility index (Phi) is 2.82. The molecule has 0 aliphatic carbocycles. The van der Waals surface area contributed by atoms with E-state index < -0.39 is 0 Å². The van der Waals surface area contributed by atoms with Crippen molar-refractivity contribution in [2.75, 3.05) is 7.05 Å². The molecule has 0 aliphatic rings. The number of fused-ring (bicyclic) bond motifs is 1. The summed E-state index contributed by atoms with van der Waals surface area (Å²) in [6.07, 6.45) is 0. The average molecular weight is 206 g/mol. The van der Waals surface area contributed by atoms with E-state index in [-0.39, 0.29) is 0 Å². The summed E-state index contributed by atoms with van der Waals surface area (Å²) in [6, 6.07) is 8.65. The fourth-order valence-corrected chi connectivity index (χ4v) is 2.66. The third kappa shape index (κ3) is 1.80. The molecule has 0 saturated carbocycles. The Morgan fingerprint density at radius 1 is 1.36 bits per heavy atom. The average Bonchev–Trinajstić information content (AvgIpc) is 2.59. The van der Waals surface area contributed by atoms with E-state index in [0.29, 0.717) is 6.54 Å². The lowest BCUT2D eigenvalue weighted by Crippen LogP contribution is -2.02. The zero-order valence-electron chi connectivity index (χ0n) is 8.21. The minimum atomic E-state index is 0.620. The van der Waals surface area contributed by atoms with Crippen LogP contribution in [0.15, 0.2) is 24.3 Å². The van der Waals surface area contributed by atoms with E-state index in [1.54, 1.807) is 0 Å². The Morgan fingerprint density at radius 2 is 2.21 bits per heavy atom. The predicted molar refractivity (Wildman–Crippen MR) is 62.5 cm³/mol. The fourth-order valence-electron chi connectivity index (χ4n) is 1.52. The maximum atomic E-state index is 5.60. The summed E-state index contributed by atoms with van der Waals surface area (Å²) < 4.78 is 1.33. The molecule has 0 radical (unpaired) electrons. The van der Waals surface area contributed by atoms with Crippen molar-refractivity contribution >= 4 is 21.4 Å². The highest BCUT2D eigenvalue weighted by Crippen LogP contribution is 2.26. The van der Waals surface area contributed by atoms with Crippen LogP contribution in [0.1, 0.15) is 10.4 Å². The molecule has 0 amide bonds. The molecule has 2 nitrogen and oxygen atoms in total. The SMILES string of the molecule is CNCc1cc2ccc(CN)cc2s1. The Hall–Kier alpha value is -0.900. The van der Waals surface area contributed by atoms with Gasteiger partial charge in [0, 0.05) is 22.7 Å². The lowest BCUT2D eigenvalue weighted by Gasteiger charge is -1.94. The highest BCUT2D eigenvalue weighted by Gasteiger charge is 2.01. The van der Waals surface area contributed by atoms with Gasteiger partial charge in [0.15, 0.2) is 0 Å². The van der Waals surface area contributed by atoms with Gasteiger partial charge in [0.05, 0.1) is 0 Å². The van der Waals surface area contributed by atoms with Gasteiger partial charge in [0.25, 0.3) is 0 Å². The van der Waals surface area contributed by atoms with Gasteiger partial charge in [-0.2, -0.15) is 0 Å². The third-order valence-electron chi connectivity index (χ3n) is 2.22. The fraction of sp³-hybridized carbons (Fsp3) is 0.273. The molecule has 2 rings (SSSR count). The van der Waals surface area contributed by atoms with Crippen molar-refractivity contribution in [1.82, 2.24) is 5.32 Å². The molecule has 1 aromatic heterocycles. The molecule has 0 unspecified atom stereocenters. The van der Waals surface area contributed by atoms with Crippen LogP contribution in [0.5, 0.6) is 0 Å². The molecular formula is C11H14N2S. The maximum Gasteiger partial charge on any atom is 0.0349 e. The summed E-state index contributed by atoms with van der Waals surface area (Å²) in [5, 5.41) is 4.48. The van der Waals surface area contributed by atoms with E-state index in [1.807, 2.05) is 18.4 Å². The molecule has 0 fully saturated rings. The van der Waals surface area contributed by atoms with Gasteiger partial charge in [-0.1, -0.05) is 12.1 Å². The molecular weight excluding hydrogens is 192 g/mol. The zero-order valence-corrected chi connectivity index (χ0v) is 9.03. The van der Waals surface area contributed by atoms with Crippen molar-refractivity contribution in [3.05, 3.63) is 34.7 Å². The van der Waals surface area contributed by atoms with E-state index in [9.17, 15) is 0 Å². The first kappa shape index (κ1) is 9.65. The quantitative estimate of drug-likeness (QED) is 0.807. The summed E-state index contributed by atoms with van der Waals surface area (Å²) in [7, 11) is 1.97. The smallest absolute Gasteiger partial charge is 0.0349 e. The van der Waals surface area contributed by atoms with Crippen LogP contribution in [0.4, 0.5) is 0 Å². The molecule has 14 heavy (non-hydrogen) atoms. The van der Waals surface area contributed by atoms with E-state index in [4.69, 9.17) is 5.73 Å². The first-order chi connectivity index (χ1) is 6.83. The van der Waals surface area contributed by atoms with E-state index in [2.05, 4.69) is 29.6 Å². The second kappa shape index (κ2) is 4.09. The normalized spacial score (nSPS) is 11.0. The first-order valence-electron chi connectivity index (χ1n) is 4.69. The molecule has 0 aliphatic heterocycles. The van der Waals surface area contributed by atoms with Crippen molar-refractivity contribution in [3.63, 3.8) is 0 Å². The minimum absolute atomic E-state index is 0.620. The van der Waals surface area contributed by atoms with Crippen molar-refractivity contribution in [2.45, 2.75) is 13.1 Å². The summed E-state index contributed by atoms with van der Waals surface area (Å²) in [4.78, 5) is 1.37. The number of thiophene rings is 1. The molecule has 0 bridgehead atoms. The van der Waals surface area contributed by atoms with Gasteiger partial charge in [-0.05, 0) is 30.1 Å². The number of benzene rings is 1. The highest BCUT2D eigenvalue weighted by molar-refractivity contribution is 7.19. The standard InChI is InChI=1S/C11H14N2S/c1-13-7-10-5-9-3-2-8(6-12)4-11(9)14-10/h2-5,13H,6-7,12H2,1H3. The van der Waals surface area contributed by atoms with Crippen LogP contribution in [-0.2, 0) is 13.1 Å². The number of hydrogen-bond donors (Lipinski definition) is 2. The van der Waals surface area contributed by atoms with Crippen molar-refractivity contribution in [3.8, 4) is 0 Å². The summed E-state index contributed by atoms with van der Waals surface area (Å²) in [5.74, 6) is 0. The van der Waals surface area contributed by atoms with Crippen LogP contribution in [0.3, 0.4) is 0 Å². The number of nitrogens with two attached hydrogens (primary N) is 1. The van der Waals surface area contributed by atoms with Crippen LogP contribution >= 0.6 is 11.3 Å². The summed E-state index contributed by atoms with van der Waals surface area (Å²) >= 11 is 1.83. The van der Waals surface area contributed by atoms with E-state index in [0.717, 1.165) is 6.54 Å². The monoisotopic (exact) mass is 206 g/mol. The molecule has 1 aromatic carbocycles. The maximum absolute atomic E-state index is 5.60. The number of rotatable bonds is 3. The van der Waals surface area contributed by atoms with E-state index in [1.165, 1.54) is 20.5 Å². The molecule has 0 spiro atoms. The lowest BCUT2D eigenvalue weighted by atomic mass is 10.2. The van der Waals surface area contributed by atoms with Gasteiger partial charge >= 0.3 is 0 Å². The molecule has 1 heterocycles. The van der Waals surface area contributed by atoms with Crippen LogP contribution in [0.25, 0.3) is 10.1 Å². The second-order valence-corrected chi connectivity index (χ2v) is 4.49. The van der Waals surface area contributed by atoms with Gasteiger partial charge in [-0.25, -0.2) is 0 Å². The van der Waals surface area contributed by atoms with Crippen molar-refractivity contribution in [1.29, 1.82) is 0 Å². The Labute approximate surface area is 87.7 Å². The summed E-state index contributed by atoms with van der Waals surface area (Å²) in [5.41, 5.74) is 6.80. The van der Waals surface area contributed by atoms with Gasteiger partial charge in [-0.3, -0.25) is 0 Å². The predicted octanol–water partition coefficient (Wildman–Crippen LogP) is 2.08. The largest absolute Gasteiger partial charge is 0.326 e. The van der Waals surface area contributed by atoms with Crippen LogP contribution in [0, 0.1) is 0 Å². The Morgan fingerprint density at radius 3 is 2.93 bits per heavy atom. The Balaban J connectivity index is 2.43. The first-order valence-corrected chi connectivity index (χ1v) is 5.51. The van der Waals surface area contributed by atoms with Crippen molar-refractivity contribution in [2.24, 2.45) is 5.73 Å². The highest BCUT2D eigenvalue weighted by atomic mass is 32.1. The molecule has 3 heteroatoms. The van der Waals surface area contributed by atoms with E-state index >= 15 is 0 Å². The van der Waals surface area contributed by atoms with Gasteiger partial charge < -0.3 is 11.1 Å². The van der Waals surface area contributed by atoms with Gasteiger partial charge in [0.2, 0.25) is 0 Å². The van der Waals surface area contributed by atoms with Crippen LogP contribution in [0.2, 0.25) is 0 Å². The number of nitrogens with one attached hydrogen (secondary N) is 1. The van der Waals surface area contributed by atoms with Gasteiger partial charge in [0.1, 0.15) is 0 Å². The topological polar surface area (TPSA) is 38.0 Å². The van der Waals surface area contributed by atoms with Crippen molar-refractivity contribution < 1.29 is 0 Å². The second-order valence-electron chi connectivity index (χ2n) is 3.32. The van der Waals surface area contributed by atoms with Crippen LogP contribution in [-0.4, -0.2) is 7.05 Å². The molecule has 0 atom stereocenters. The third-order valence-corrected chi connectivity index (χ3v) is 3.32. The minimum Gasteiger partial charge on any atom is -0.326 e. The number of hydrogen-bond acceptors (Lipinski definition) is 3. The molecule has 2 aromatic rings. The molecule has 74 valence electrons. The molecule has 0 saturated heterocycles. The lowest BCUT2D eigenvalue weighted by molar-refractivity contribution is 0.832. The Bertz CT molecular complexity index is 434. The van der Waals surface area contributed by atoms with Crippen LogP contribution < -0.4 is 11.1 Å². The zero-order chi connectivity index (χ0) is 9.97. The van der Waals surface area contributed by atoms with Gasteiger partial charge in [-0.15, -0.1) is 11.3 Å². The molecule has 3 N–H and O–H groups in total.